The Balaban J connectivity index is 1.65. The van der Waals surface area contributed by atoms with Gasteiger partial charge in [-0.15, -0.1) is 0 Å². The van der Waals surface area contributed by atoms with Crippen LogP contribution in [-0.4, -0.2) is 48.0 Å². The predicted molar refractivity (Wildman–Crippen MR) is 135 cm³/mol. The van der Waals surface area contributed by atoms with Crippen molar-refractivity contribution in [2.24, 2.45) is 0 Å². The van der Waals surface area contributed by atoms with Gasteiger partial charge in [-0.2, -0.15) is 0 Å². The summed E-state index contributed by atoms with van der Waals surface area (Å²) in [4.78, 5) is 19.2. The fraction of sp³-hybridized carbons (Fsp3) is 0.360. The Labute approximate surface area is 215 Å². The summed E-state index contributed by atoms with van der Waals surface area (Å²) in [5.74, 6) is -0.431. The fourth-order valence-electron chi connectivity index (χ4n) is 4.17. The summed E-state index contributed by atoms with van der Waals surface area (Å²) in [5, 5.41) is 0.692. The molecule has 3 aromatic rings. The van der Waals surface area contributed by atoms with Crippen molar-refractivity contribution >= 4 is 38.9 Å². The van der Waals surface area contributed by atoms with Crippen LogP contribution in [0.1, 0.15) is 41.4 Å². The molecule has 10 heteroatoms. The molecule has 7 nitrogen and oxygen atoms in total. The van der Waals surface area contributed by atoms with Crippen LogP contribution in [0.4, 0.5) is 0 Å². The van der Waals surface area contributed by atoms with E-state index in [0.717, 1.165) is 12.8 Å². The Hall–Kier alpha value is -2.39. The van der Waals surface area contributed by atoms with E-state index in [4.69, 9.17) is 27.9 Å². The summed E-state index contributed by atoms with van der Waals surface area (Å²) >= 11 is 12.2. The van der Waals surface area contributed by atoms with Crippen LogP contribution in [0.5, 0.6) is 0 Å². The zero-order valence-corrected chi connectivity index (χ0v) is 21.7. The van der Waals surface area contributed by atoms with Gasteiger partial charge in [0.2, 0.25) is 15.0 Å². The van der Waals surface area contributed by atoms with E-state index >= 15 is 0 Å². The van der Waals surface area contributed by atoms with Crippen LogP contribution >= 0.6 is 23.2 Å². The van der Waals surface area contributed by atoms with Gasteiger partial charge in [0.05, 0.1) is 47.4 Å². The number of sulfone groups is 1. The molecule has 35 heavy (non-hydrogen) atoms. The number of hydrogen-bond acceptors (Lipinski definition) is 5. The summed E-state index contributed by atoms with van der Waals surface area (Å²) < 4.78 is 34.2. The predicted octanol–water partition coefficient (Wildman–Crippen LogP) is 5.01. The number of nitrogens with zero attached hydrogens (tertiary/aromatic N) is 3. The number of hydrogen-bond donors (Lipinski definition) is 0. The SMILES string of the molecule is CCN(Cc1cnc(S(=O)(=O)Cc2ccccc2)n1C[C@H]1CCCO1)C(=O)c1ccc(Cl)cc1Cl. The van der Waals surface area contributed by atoms with Gasteiger partial charge in [-0.25, -0.2) is 13.4 Å². The Kier molecular flexibility index (Phi) is 8.16. The van der Waals surface area contributed by atoms with Crippen molar-refractivity contribution in [1.82, 2.24) is 14.5 Å². The maximum atomic E-state index is 13.4. The standard InChI is InChI=1S/C25H27Cl2N3O4S/c1-2-29(24(31)22-11-10-19(26)13-23(22)27)15-20-14-28-25(30(20)16-21-9-6-12-34-21)35(32,33)17-18-7-4-3-5-8-18/h3-5,7-8,10-11,13-14,21H,2,6,9,12,15-17H2,1H3/t21-/m1/s1. The molecule has 1 saturated heterocycles. The van der Waals surface area contributed by atoms with Crippen molar-refractivity contribution in [2.75, 3.05) is 13.2 Å². The highest BCUT2D eigenvalue weighted by atomic mass is 35.5. The highest BCUT2D eigenvalue weighted by Gasteiger charge is 2.28. The van der Waals surface area contributed by atoms with Gasteiger partial charge >= 0.3 is 0 Å². The molecule has 1 amide bonds. The van der Waals surface area contributed by atoms with Crippen LogP contribution < -0.4 is 0 Å². The number of halogens is 2. The van der Waals surface area contributed by atoms with Crippen molar-refractivity contribution in [2.45, 2.75) is 49.9 Å². The van der Waals surface area contributed by atoms with Gasteiger partial charge in [-0.3, -0.25) is 4.79 Å². The molecule has 0 radical (unpaired) electrons. The van der Waals surface area contributed by atoms with Gasteiger partial charge in [0.15, 0.2) is 0 Å². The van der Waals surface area contributed by atoms with E-state index in [1.165, 1.54) is 12.3 Å². The van der Waals surface area contributed by atoms with Crippen molar-refractivity contribution in [3.05, 3.63) is 81.6 Å². The van der Waals surface area contributed by atoms with E-state index < -0.39 is 9.84 Å². The molecule has 0 spiro atoms. The molecule has 2 heterocycles. The van der Waals surface area contributed by atoms with E-state index in [2.05, 4.69) is 4.98 Å². The Bertz CT molecular complexity index is 1290. The van der Waals surface area contributed by atoms with Crippen LogP contribution in [0, 0.1) is 0 Å². The smallest absolute Gasteiger partial charge is 0.255 e. The molecule has 186 valence electrons. The third-order valence-corrected chi connectivity index (χ3v) is 8.12. The molecule has 1 fully saturated rings. The van der Waals surface area contributed by atoms with Crippen LogP contribution in [0.25, 0.3) is 0 Å². The molecule has 1 aliphatic rings. The van der Waals surface area contributed by atoms with Gasteiger partial charge in [-0.1, -0.05) is 53.5 Å². The Morgan fingerprint density at radius 1 is 1.20 bits per heavy atom. The number of aromatic nitrogens is 2. The molecule has 4 rings (SSSR count). The minimum Gasteiger partial charge on any atom is -0.376 e. The van der Waals surface area contributed by atoms with Crippen molar-refractivity contribution in [3.8, 4) is 0 Å². The van der Waals surface area contributed by atoms with Gasteiger partial charge in [0.1, 0.15) is 0 Å². The Morgan fingerprint density at radius 2 is 1.97 bits per heavy atom. The fourth-order valence-corrected chi connectivity index (χ4v) is 6.16. The second-order valence-corrected chi connectivity index (χ2v) is 11.2. The van der Waals surface area contributed by atoms with E-state index in [1.807, 2.05) is 25.1 Å². The molecule has 1 atom stereocenters. The average molecular weight is 536 g/mol. The minimum atomic E-state index is -3.73. The first-order valence-electron chi connectivity index (χ1n) is 11.5. The maximum absolute atomic E-state index is 13.4. The molecule has 0 saturated carbocycles. The highest BCUT2D eigenvalue weighted by molar-refractivity contribution is 7.90. The van der Waals surface area contributed by atoms with E-state index in [9.17, 15) is 13.2 Å². The number of imidazole rings is 1. The van der Waals surface area contributed by atoms with Crippen LogP contribution in [-0.2, 0) is 33.4 Å². The average Bonchev–Trinajstić information content (AvgIpc) is 3.48. The van der Waals surface area contributed by atoms with Gasteiger partial charge < -0.3 is 14.2 Å². The summed E-state index contributed by atoms with van der Waals surface area (Å²) in [6.45, 7) is 3.43. The largest absolute Gasteiger partial charge is 0.376 e. The zero-order valence-electron chi connectivity index (χ0n) is 19.4. The molecule has 0 bridgehead atoms. The molecule has 0 unspecified atom stereocenters. The molecule has 1 aromatic heterocycles. The summed E-state index contributed by atoms with van der Waals surface area (Å²) in [6.07, 6.45) is 3.19. The lowest BCUT2D eigenvalue weighted by molar-refractivity contribution is 0.0741. The van der Waals surface area contributed by atoms with E-state index in [-0.39, 0.29) is 34.5 Å². The number of ether oxygens (including phenoxy) is 1. The summed E-state index contributed by atoms with van der Waals surface area (Å²) in [7, 11) is -3.73. The third-order valence-electron chi connectivity index (χ3n) is 5.97. The summed E-state index contributed by atoms with van der Waals surface area (Å²) in [6, 6.07) is 13.7. The first-order chi connectivity index (χ1) is 16.8. The lowest BCUT2D eigenvalue weighted by Crippen LogP contribution is -2.32. The molecule has 2 aromatic carbocycles. The second-order valence-electron chi connectivity index (χ2n) is 8.47. The number of rotatable bonds is 9. The molecule has 0 N–H and O–H groups in total. The topological polar surface area (TPSA) is 81.5 Å². The second kappa shape index (κ2) is 11.1. The number of amides is 1. The van der Waals surface area contributed by atoms with Crippen molar-refractivity contribution in [3.63, 3.8) is 0 Å². The monoisotopic (exact) mass is 535 g/mol. The lowest BCUT2D eigenvalue weighted by Gasteiger charge is -2.23. The number of benzene rings is 2. The molecular weight excluding hydrogens is 509 g/mol. The van der Waals surface area contributed by atoms with E-state index in [1.54, 1.807) is 33.7 Å². The minimum absolute atomic E-state index is 0.0140. The number of carbonyl (C=O) groups excluding carboxylic acids is 1. The first-order valence-corrected chi connectivity index (χ1v) is 13.9. The van der Waals surface area contributed by atoms with Crippen molar-refractivity contribution < 1.29 is 17.9 Å². The zero-order chi connectivity index (χ0) is 25.0. The quantitative estimate of drug-likeness (QED) is 0.384. The van der Waals surface area contributed by atoms with Crippen LogP contribution in [0.15, 0.2) is 59.9 Å². The maximum Gasteiger partial charge on any atom is 0.255 e. The Morgan fingerprint density at radius 3 is 2.63 bits per heavy atom. The van der Waals surface area contributed by atoms with Crippen LogP contribution in [0.2, 0.25) is 10.0 Å². The third kappa shape index (κ3) is 6.06. The van der Waals surface area contributed by atoms with Crippen LogP contribution in [0.3, 0.4) is 0 Å². The molecule has 1 aliphatic heterocycles. The van der Waals surface area contributed by atoms with Gasteiger partial charge in [-0.05, 0) is 43.5 Å². The normalized spacial score (nSPS) is 15.9. The van der Waals surface area contributed by atoms with Gasteiger partial charge in [0.25, 0.3) is 5.91 Å². The molecule has 0 aliphatic carbocycles. The molecular formula is C25H27Cl2N3O4S. The highest BCUT2D eigenvalue weighted by Crippen LogP contribution is 2.25. The lowest BCUT2D eigenvalue weighted by atomic mass is 10.2. The number of carbonyl (C=O) groups is 1. The summed E-state index contributed by atoms with van der Waals surface area (Å²) in [5.41, 5.74) is 1.64. The van der Waals surface area contributed by atoms with Crippen molar-refractivity contribution in [1.29, 1.82) is 0 Å². The van der Waals surface area contributed by atoms with Gasteiger partial charge in [0, 0.05) is 18.2 Å². The first kappa shape index (κ1) is 25.7. The van der Waals surface area contributed by atoms with E-state index in [0.29, 0.717) is 41.5 Å².